The van der Waals surface area contributed by atoms with Crippen molar-refractivity contribution >= 4 is 17.4 Å². The number of pyridine rings is 2. The second-order valence-corrected chi connectivity index (χ2v) is 8.03. The summed E-state index contributed by atoms with van der Waals surface area (Å²) in [5, 5.41) is 3.79. The van der Waals surface area contributed by atoms with Gasteiger partial charge >= 0.3 is 0 Å². The maximum Gasteiger partial charge on any atom is 0.215 e. The Kier molecular flexibility index (Phi) is 6.62. The molecule has 0 radical (unpaired) electrons. The zero-order valence-electron chi connectivity index (χ0n) is 17.1. The molecule has 0 spiro atoms. The molecular weight excluding hydrogens is 350 g/mol. The van der Waals surface area contributed by atoms with Crippen LogP contribution in [0, 0.1) is 5.92 Å². The third-order valence-corrected chi connectivity index (χ3v) is 5.12. The van der Waals surface area contributed by atoms with Crippen molar-refractivity contribution in [2.75, 3.05) is 23.7 Å². The average Bonchev–Trinajstić information content (AvgIpc) is 2.67. The number of hydrogen-bond acceptors (Lipinski definition) is 6. The molecule has 6 heteroatoms. The number of piperazine rings is 1. The second kappa shape index (κ2) is 9.15. The number of nitrogens with one attached hydrogen (secondary N) is 1. The van der Waals surface area contributed by atoms with E-state index in [4.69, 9.17) is 5.73 Å². The SMILES string of the molecule is CCC[C@H]1CN(c2cccc(C(=O)c3cccnc3N)n2)C[C@H](CC(C)C)N1.[HH]. The minimum absolute atomic E-state index is 0. The molecule has 0 unspecified atom stereocenters. The summed E-state index contributed by atoms with van der Waals surface area (Å²) in [6.07, 6.45) is 4.99. The van der Waals surface area contributed by atoms with Gasteiger partial charge in [-0.25, -0.2) is 9.97 Å². The van der Waals surface area contributed by atoms with Crippen LogP contribution in [0.15, 0.2) is 36.5 Å². The molecule has 1 aliphatic rings. The Morgan fingerprint density at radius 1 is 1.29 bits per heavy atom. The molecule has 3 heterocycles. The van der Waals surface area contributed by atoms with Crippen LogP contribution in [0.25, 0.3) is 0 Å². The van der Waals surface area contributed by atoms with Gasteiger partial charge in [0, 0.05) is 32.8 Å². The summed E-state index contributed by atoms with van der Waals surface area (Å²) in [4.78, 5) is 23.9. The molecule has 6 nitrogen and oxygen atoms in total. The Bertz CT molecular complexity index is 813. The summed E-state index contributed by atoms with van der Waals surface area (Å²) >= 11 is 0. The van der Waals surface area contributed by atoms with E-state index in [1.165, 1.54) is 0 Å². The van der Waals surface area contributed by atoms with Gasteiger partial charge in [-0.2, -0.15) is 0 Å². The molecule has 0 bridgehead atoms. The molecule has 2 atom stereocenters. The minimum Gasteiger partial charge on any atom is -0.383 e. The number of aromatic nitrogens is 2. The predicted molar refractivity (Wildman–Crippen MR) is 116 cm³/mol. The van der Waals surface area contributed by atoms with Crippen LogP contribution in [0.5, 0.6) is 0 Å². The molecule has 1 saturated heterocycles. The van der Waals surface area contributed by atoms with Gasteiger partial charge in [-0.3, -0.25) is 4.79 Å². The molecule has 2 aromatic heterocycles. The topological polar surface area (TPSA) is 84.1 Å². The molecule has 0 amide bonds. The first-order chi connectivity index (χ1) is 13.5. The highest BCUT2D eigenvalue weighted by Crippen LogP contribution is 2.21. The monoisotopic (exact) mass is 383 g/mol. The molecule has 0 aromatic carbocycles. The lowest BCUT2D eigenvalue weighted by atomic mass is 9.98. The summed E-state index contributed by atoms with van der Waals surface area (Å²) in [5.74, 6) is 1.53. The van der Waals surface area contributed by atoms with Gasteiger partial charge in [0.1, 0.15) is 17.3 Å². The van der Waals surface area contributed by atoms with Crippen molar-refractivity contribution in [3.8, 4) is 0 Å². The lowest BCUT2D eigenvalue weighted by Crippen LogP contribution is -2.57. The first-order valence-electron chi connectivity index (χ1n) is 10.2. The number of nitrogens with zero attached hydrogens (tertiary/aromatic N) is 3. The third kappa shape index (κ3) is 4.87. The van der Waals surface area contributed by atoms with Crippen LogP contribution < -0.4 is 16.0 Å². The molecule has 0 aliphatic carbocycles. The van der Waals surface area contributed by atoms with Gasteiger partial charge in [0.15, 0.2) is 0 Å². The predicted octanol–water partition coefficient (Wildman–Crippen LogP) is 3.53. The number of carbonyl (C=O) groups is 1. The van der Waals surface area contributed by atoms with Crippen LogP contribution in [-0.4, -0.2) is 40.9 Å². The van der Waals surface area contributed by atoms with E-state index in [1.54, 1.807) is 24.4 Å². The lowest BCUT2D eigenvalue weighted by Gasteiger charge is -2.40. The fourth-order valence-corrected chi connectivity index (χ4v) is 3.94. The van der Waals surface area contributed by atoms with E-state index in [2.05, 4.69) is 41.0 Å². The molecule has 1 fully saturated rings. The summed E-state index contributed by atoms with van der Waals surface area (Å²) in [5.41, 5.74) is 6.68. The van der Waals surface area contributed by atoms with E-state index in [0.29, 0.717) is 29.3 Å². The zero-order valence-corrected chi connectivity index (χ0v) is 17.1. The van der Waals surface area contributed by atoms with Crippen molar-refractivity contribution in [2.24, 2.45) is 5.92 Å². The first-order valence-corrected chi connectivity index (χ1v) is 10.2. The Balaban J connectivity index is 0.00000300. The van der Waals surface area contributed by atoms with Crippen LogP contribution in [0.4, 0.5) is 11.6 Å². The van der Waals surface area contributed by atoms with Gasteiger partial charge in [0.2, 0.25) is 5.78 Å². The number of nitrogen functional groups attached to an aromatic ring is 1. The van der Waals surface area contributed by atoms with Crippen LogP contribution in [-0.2, 0) is 0 Å². The highest BCUT2D eigenvalue weighted by atomic mass is 16.1. The van der Waals surface area contributed by atoms with E-state index in [1.807, 2.05) is 12.1 Å². The fourth-order valence-electron chi connectivity index (χ4n) is 3.94. The van der Waals surface area contributed by atoms with Crippen LogP contribution in [0.3, 0.4) is 0 Å². The second-order valence-electron chi connectivity index (χ2n) is 8.03. The van der Waals surface area contributed by atoms with Gasteiger partial charge in [-0.05, 0) is 43.0 Å². The van der Waals surface area contributed by atoms with Crippen LogP contribution in [0.2, 0.25) is 0 Å². The Morgan fingerprint density at radius 3 is 2.79 bits per heavy atom. The number of nitrogens with two attached hydrogens (primary N) is 1. The highest BCUT2D eigenvalue weighted by Gasteiger charge is 2.27. The molecule has 2 aromatic rings. The van der Waals surface area contributed by atoms with E-state index in [-0.39, 0.29) is 13.0 Å². The summed E-state index contributed by atoms with van der Waals surface area (Å²) in [6.45, 7) is 8.53. The first kappa shape index (κ1) is 20.3. The normalized spacial score (nSPS) is 19.8. The zero-order chi connectivity index (χ0) is 20.1. The van der Waals surface area contributed by atoms with E-state index < -0.39 is 0 Å². The van der Waals surface area contributed by atoms with Crippen molar-refractivity contribution < 1.29 is 6.22 Å². The van der Waals surface area contributed by atoms with Crippen molar-refractivity contribution in [3.05, 3.63) is 47.8 Å². The Morgan fingerprint density at radius 2 is 2.07 bits per heavy atom. The number of hydrogen-bond donors (Lipinski definition) is 2. The van der Waals surface area contributed by atoms with Gasteiger partial charge in [0.25, 0.3) is 0 Å². The van der Waals surface area contributed by atoms with Crippen molar-refractivity contribution in [2.45, 2.75) is 52.1 Å². The van der Waals surface area contributed by atoms with Gasteiger partial charge in [-0.1, -0.05) is 33.3 Å². The molecule has 1 aliphatic heterocycles. The van der Waals surface area contributed by atoms with Crippen molar-refractivity contribution in [1.82, 2.24) is 15.3 Å². The number of carbonyl (C=O) groups excluding carboxylic acids is 1. The van der Waals surface area contributed by atoms with Crippen molar-refractivity contribution in [1.29, 1.82) is 0 Å². The smallest absolute Gasteiger partial charge is 0.215 e. The molecule has 3 rings (SSSR count). The number of anilines is 2. The molecule has 3 N–H and O–H groups in total. The summed E-state index contributed by atoms with van der Waals surface area (Å²) in [7, 11) is 0. The Labute approximate surface area is 169 Å². The standard InChI is InChI=1S/C22H31N5O.H2/c1-4-7-16-13-27(14-17(25-16)12-15(2)3)20-10-5-9-19(26-20)21(28)18-8-6-11-24-22(18)23;/h5-6,8-11,15-17,25H,4,7,12-14H2,1-3H3,(H2,23,24);1H/t16-,17-;/m0./s1. The maximum absolute atomic E-state index is 12.9. The lowest BCUT2D eigenvalue weighted by molar-refractivity contribution is 0.103. The largest absolute Gasteiger partial charge is 0.383 e. The maximum atomic E-state index is 12.9. The van der Waals surface area contributed by atoms with Gasteiger partial charge in [0.05, 0.1) is 5.56 Å². The van der Waals surface area contributed by atoms with E-state index >= 15 is 0 Å². The van der Waals surface area contributed by atoms with Crippen molar-refractivity contribution in [3.63, 3.8) is 0 Å². The third-order valence-electron chi connectivity index (χ3n) is 5.12. The molecular formula is C22H33N5O. The van der Waals surface area contributed by atoms with Crippen LogP contribution >= 0.6 is 0 Å². The molecule has 0 saturated carbocycles. The van der Waals surface area contributed by atoms with Crippen LogP contribution in [0.1, 0.15) is 57.5 Å². The molecule has 28 heavy (non-hydrogen) atoms. The Hall–Kier alpha value is -2.47. The van der Waals surface area contributed by atoms with Gasteiger partial charge < -0.3 is 16.0 Å². The van der Waals surface area contributed by atoms with Gasteiger partial charge in [-0.15, -0.1) is 0 Å². The number of ketones is 1. The minimum atomic E-state index is -0.188. The summed E-state index contributed by atoms with van der Waals surface area (Å²) < 4.78 is 0. The average molecular weight is 384 g/mol. The summed E-state index contributed by atoms with van der Waals surface area (Å²) in [6, 6.07) is 9.92. The quantitative estimate of drug-likeness (QED) is 0.712. The van der Waals surface area contributed by atoms with E-state index in [9.17, 15) is 4.79 Å². The fraction of sp³-hybridized carbons (Fsp3) is 0.500. The highest BCUT2D eigenvalue weighted by molar-refractivity contribution is 6.10. The molecule has 152 valence electrons. The van der Waals surface area contributed by atoms with E-state index in [0.717, 1.165) is 38.2 Å². The number of rotatable bonds is 7.